The van der Waals surface area contributed by atoms with E-state index in [1.807, 2.05) is 32.9 Å². The van der Waals surface area contributed by atoms with Crippen molar-refractivity contribution in [3.8, 4) is 11.5 Å². The second-order valence-corrected chi connectivity index (χ2v) is 5.26. The van der Waals surface area contributed by atoms with Gasteiger partial charge < -0.3 is 19.5 Å². The summed E-state index contributed by atoms with van der Waals surface area (Å²) in [5.74, 6) is 1.11. The molecule has 1 aromatic rings. The molecule has 1 N–H and O–H groups in total. The third-order valence-electron chi connectivity index (χ3n) is 3.36. The highest BCUT2D eigenvalue weighted by atomic mass is 16.5. The summed E-state index contributed by atoms with van der Waals surface area (Å²) < 4.78 is 16.3. The van der Waals surface area contributed by atoms with Crippen LogP contribution >= 0.6 is 0 Å². The molecule has 1 unspecified atom stereocenters. The van der Waals surface area contributed by atoms with Gasteiger partial charge in [0.15, 0.2) is 11.5 Å². The summed E-state index contributed by atoms with van der Waals surface area (Å²) in [6.45, 7) is 6.84. The van der Waals surface area contributed by atoms with Crippen molar-refractivity contribution in [2.24, 2.45) is 0 Å². The first-order valence-electron chi connectivity index (χ1n) is 7.34. The van der Waals surface area contributed by atoms with E-state index in [1.165, 1.54) is 0 Å². The number of ether oxygens (including phenoxy) is 3. The van der Waals surface area contributed by atoms with Crippen LogP contribution in [0.25, 0.3) is 0 Å². The van der Waals surface area contributed by atoms with Crippen molar-refractivity contribution in [2.75, 3.05) is 20.3 Å². The summed E-state index contributed by atoms with van der Waals surface area (Å²) in [6.07, 6.45) is 0.887. The first kappa shape index (κ1) is 15.6. The van der Waals surface area contributed by atoms with Gasteiger partial charge in [-0.25, -0.2) is 4.79 Å². The average Bonchev–Trinajstić information content (AvgIpc) is 2.45. The van der Waals surface area contributed by atoms with Crippen LogP contribution in [0.1, 0.15) is 37.9 Å². The molecule has 0 fully saturated rings. The summed E-state index contributed by atoms with van der Waals surface area (Å²) in [5.41, 5.74) is 2.01. The molecule has 21 heavy (non-hydrogen) atoms. The molecule has 0 radical (unpaired) electrons. The molecule has 0 saturated carbocycles. The maximum absolute atomic E-state index is 12.1. The van der Waals surface area contributed by atoms with Crippen LogP contribution in [0.5, 0.6) is 11.5 Å². The number of methoxy groups -OCH3 is 1. The smallest absolute Gasteiger partial charge is 0.327 e. The van der Waals surface area contributed by atoms with Crippen LogP contribution in [0.3, 0.4) is 0 Å². The van der Waals surface area contributed by atoms with E-state index in [0.717, 1.165) is 24.1 Å². The molecule has 1 aliphatic heterocycles. The summed E-state index contributed by atoms with van der Waals surface area (Å²) in [5, 5.41) is 3.21. The summed E-state index contributed by atoms with van der Waals surface area (Å²) in [7, 11) is 1.62. The van der Waals surface area contributed by atoms with Crippen molar-refractivity contribution in [1.82, 2.24) is 5.32 Å². The molecule has 116 valence electrons. The van der Waals surface area contributed by atoms with Gasteiger partial charge in [0, 0.05) is 6.54 Å². The number of fused-ring (bicyclic) bond motifs is 1. The summed E-state index contributed by atoms with van der Waals surface area (Å²) >= 11 is 0. The normalized spacial score (nSPS) is 17.3. The average molecular weight is 293 g/mol. The Balaban J connectivity index is 2.40. The van der Waals surface area contributed by atoms with Crippen LogP contribution in [0, 0.1) is 0 Å². The Morgan fingerprint density at radius 1 is 1.38 bits per heavy atom. The summed E-state index contributed by atoms with van der Waals surface area (Å²) in [6, 6.07) is 3.41. The molecule has 5 heteroatoms. The zero-order valence-corrected chi connectivity index (χ0v) is 13.1. The zero-order chi connectivity index (χ0) is 15.4. The Bertz CT molecular complexity index is 513. The van der Waals surface area contributed by atoms with Crippen molar-refractivity contribution in [3.05, 3.63) is 23.3 Å². The highest BCUT2D eigenvalue weighted by Gasteiger charge is 2.29. The maximum Gasteiger partial charge on any atom is 0.327 e. The quantitative estimate of drug-likeness (QED) is 0.844. The number of benzene rings is 1. The first-order valence-corrected chi connectivity index (χ1v) is 7.34. The molecule has 5 nitrogen and oxygen atoms in total. The standard InChI is InChI=1S/C16H23NO4/c1-5-20-16(18)15-12-9-14(21-10(2)3)13(19-4)8-11(12)6-7-17-15/h8-10,15,17H,5-7H2,1-4H3. The third-order valence-corrected chi connectivity index (χ3v) is 3.36. The fourth-order valence-corrected chi connectivity index (χ4v) is 2.51. The number of rotatable bonds is 5. The van der Waals surface area contributed by atoms with E-state index < -0.39 is 6.04 Å². The van der Waals surface area contributed by atoms with Gasteiger partial charge in [-0.2, -0.15) is 0 Å². The van der Waals surface area contributed by atoms with Crippen LogP contribution in [-0.4, -0.2) is 32.3 Å². The van der Waals surface area contributed by atoms with Gasteiger partial charge >= 0.3 is 5.97 Å². The van der Waals surface area contributed by atoms with Gasteiger partial charge in [-0.1, -0.05) is 0 Å². The number of carbonyl (C=O) groups is 1. The minimum absolute atomic E-state index is 0.0366. The Labute approximate surface area is 125 Å². The predicted molar refractivity (Wildman–Crippen MR) is 79.8 cm³/mol. The van der Waals surface area contributed by atoms with Crippen LogP contribution in [0.15, 0.2) is 12.1 Å². The van der Waals surface area contributed by atoms with Crippen molar-refractivity contribution >= 4 is 5.97 Å². The number of esters is 1. The molecule has 2 rings (SSSR count). The molecule has 0 saturated heterocycles. The van der Waals surface area contributed by atoms with Crippen LogP contribution in [-0.2, 0) is 16.0 Å². The second kappa shape index (κ2) is 6.80. The van der Waals surface area contributed by atoms with Gasteiger partial charge in [0.05, 0.1) is 19.8 Å². The van der Waals surface area contributed by atoms with E-state index in [1.54, 1.807) is 7.11 Å². The Hall–Kier alpha value is -1.75. The second-order valence-electron chi connectivity index (χ2n) is 5.26. The highest BCUT2D eigenvalue weighted by Crippen LogP contribution is 2.36. The molecular formula is C16H23NO4. The van der Waals surface area contributed by atoms with E-state index in [2.05, 4.69) is 5.32 Å². The summed E-state index contributed by atoms with van der Waals surface area (Å²) in [4.78, 5) is 12.1. The van der Waals surface area contributed by atoms with Crippen molar-refractivity contribution < 1.29 is 19.0 Å². The molecule has 1 aliphatic rings. The number of carbonyl (C=O) groups excluding carboxylic acids is 1. The van der Waals surface area contributed by atoms with Gasteiger partial charge in [0.25, 0.3) is 0 Å². The lowest BCUT2D eigenvalue weighted by molar-refractivity contribution is -0.146. The van der Waals surface area contributed by atoms with Gasteiger partial charge in [0.1, 0.15) is 6.04 Å². The predicted octanol–water partition coefficient (Wildman–Crippen LogP) is 2.23. The minimum Gasteiger partial charge on any atom is -0.493 e. The van der Waals surface area contributed by atoms with Crippen LogP contribution < -0.4 is 14.8 Å². The van der Waals surface area contributed by atoms with E-state index in [9.17, 15) is 4.79 Å². The number of nitrogens with one attached hydrogen (secondary N) is 1. The molecule has 0 spiro atoms. The van der Waals surface area contributed by atoms with Crippen molar-refractivity contribution in [1.29, 1.82) is 0 Å². The lowest BCUT2D eigenvalue weighted by Gasteiger charge is -2.27. The lowest BCUT2D eigenvalue weighted by atomic mass is 9.93. The molecule has 1 heterocycles. The van der Waals surface area contributed by atoms with E-state index >= 15 is 0 Å². The molecular weight excluding hydrogens is 270 g/mol. The number of hydrogen-bond acceptors (Lipinski definition) is 5. The monoisotopic (exact) mass is 293 g/mol. The Morgan fingerprint density at radius 2 is 2.14 bits per heavy atom. The molecule has 0 aromatic heterocycles. The number of hydrogen-bond donors (Lipinski definition) is 1. The van der Waals surface area contributed by atoms with Crippen molar-refractivity contribution in [3.63, 3.8) is 0 Å². The molecule has 0 aliphatic carbocycles. The Morgan fingerprint density at radius 3 is 2.76 bits per heavy atom. The fourth-order valence-electron chi connectivity index (χ4n) is 2.51. The molecule has 1 aromatic carbocycles. The SMILES string of the molecule is CCOC(=O)C1NCCc2cc(OC)c(OC(C)C)cc21. The van der Waals surface area contributed by atoms with Gasteiger partial charge in [-0.3, -0.25) is 0 Å². The highest BCUT2D eigenvalue weighted by molar-refractivity contribution is 5.79. The van der Waals surface area contributed by atoms with E-state index in [-0.39, 0.29) is 12.1 Å². The molecule has 0 bridgehead atoms. The van der Waals surface area contributed by atoms with E-state index in [4.69, 9.17) is 14.2 Å². The van der Waals surface area contributed by atoms with Gasteiger partial charge in [-0.15, -0.1) is 0 Å². The van der Waals surface area contributed by atoms with Crippen molar-refractivity contribution in [2.45, 2.75) is 39.3 Å². The zero-order valence-electron chi connectivity index (χ0n) is 13.1. The van der Waals surface area contributed by atoms with Crippen LogP contribution in [0.4, 0.5) is 0 Å². The van der Waals surface area contributed by atoms with Gasteiger partial charge in [0.2, 0.25) is 0 Å². The van der Waals surface area contributed by atoms with Crippen LogP contribution in [0.2, 0.25) is 0 Å². The van der Waals surface area contributed by atoms with E-state index in [0.29, 0.717) is 18.1 Å². The fraction of sp³-hybridized carbons (Fsp3) is 0.562. The lowest BCUT2D eigenvalue weighted by Crippen LogP contribution is -2.36. The molecule has 1 atom stereocenters. The maximum atomic E-state index is 12.1. The largest absolute Gasteiger partial charge is 0.493 e. The third kappa shape index (κ3) is 3.47. The van der Waals surface area contributed by atoms with Gasteiger partial charge in [-0.05, 0) is 50.5 Å². The first-order chi connectivity index (χ1) is 10.1. The Kier molecular flexibility index (Phi) is 5.07. The topological polar surface area (TPSA) is 56.8 Å². The molecule has 0 amide bonds. The minimum atomic E-state index is -0.436.